The van der Waals surface area contributed by atoms with Crippen LogP contribution < -0.4 is 10.6 Å². The molecule has 1 heterocycles. The van der Waals surface area contributed by atoms with Crippen molar-refractivity contribution in [3.8, 4) is 0 Å². The topological polar surface area (TPSA) is 70.7 Å². The number of hydrogen-bond acceptors (Lipinski definition) is 3. The zero-order valence-corrected chi connectivity index (χ0v) is 17.7. The molecule has 1 saturated heterocycles. The predicted octanol–water partition coefficient (Wildman–Crippen LogP) is 4.11. The highest BCUT2D eigenvalue weighted by atomic mass is 35.5. The van der Waals surface area contributed by atoms with Crippen LogP contribution in [0.25, 0.3) is 0 Å². The standard InChI is InChI=1S/C23H28ClN3O3/c24-13-7-14-25-22(28)26-21-16-27(15-12-20(21)19-10-5-2-6-11-19)23(29)30-17-18-8-3-1-4-9-18/h1-6,8-11,20-21H,7,12-17H2,(H2,25,26,28)/t20-,21+/m0/s1. The number of carbonyl (C=O) groups is 2. The number of likely N-dealkylation sites (tertiary alicyclic amines) is 1. The van der Waals surface area contributed by atoms with Crippen LogP contribution in [-0.4, -0.2) is 48.6 Å². The lowest BCUT2D eigenvalue weighted by molar-refractivity contribution is 0.0802. The second-order valence-electron chi connectivity index (χ2n) is 7.34. The third kappa shape index (κ3) is 6.39. The van der Waals surface area contributed by atoms with E-state index in [1.807, 2.05) is 48.5 Å². The minimum Gasteiger partial charge on any atom is -0.445 e. The Balaban J connectivity index is 1.62. The number of alkyl halides is 1. The van der Waals surface area contributed by atoms with Gasteiger partial charge in [0.15, 0.2) is 0 Å². The van der Waals surface area contributed by atoms with Gasteiger partial charge in [-0.15, -0.1) is 11.6 Å². The second-order valence-corrected chi connectivity index (χ2v) is 7.72. The number of amides is 3. The molecule has 2 N–H and O–H groups in total. The highest BCUT2D eigenvalue weighted by Gasteiger charge is 2.34. The molecule has 3 amide bonds. The molecule has 2 aromatic rings. The highest BCUT2D eigenvalue weighted by Crippen LogP contribution is 2.28. The van der Waals surface area contributed by atoms with Crippen LogP contribution in [0.5, 0.6) is 0 Å². The van der Waals surface area contributed by atoms with Gasteiger partial charge in [-0.25, -0.2) is 9.59 Å². The van der Waals surface area contributed by atoms with E-state index in [9.17, 15) is 9.59 Å². The number of ether oxygens (including phenoxy) is 1. The lowest BCUT2D eigenvalue weighted by Crippen LogP contribution is -2.55. The highest BCUT2D eigenvalue weighted by molar-refractivity contribution is 6.17. The van der Waals surface area contributed by atoms with E-state index in [0.717, 1.165) is 17.5 Å². The van der Waals surface area contributed by atoms with Crippen molar-refractivity contribution in [1.82, 2.24) is 15.5 Å². The summed E-state index contributed by atoms with van der Waals surface area (Å²) in [5.74, 6) is 0.625. The van der Waals surface area contributed by atoms with E-state index >= 15 is 0 Å². The third-order valence-electron chi connectivity index (χ3n) is 5.22. The molecule has 1 fully saturated rings. The molecule has 0 radical (unpaired) electrons. The van der Waals surface area contributed by atoms with Gasteiger partial charge >= 0.3 is 12.1 Å². The maximum atomic E-state index is 12.6. The van der Waals surface area contributed by atoms with Crippen molar-refractivity contribution in [2.75, 3.05) is 25.5 Å². The van der Waals surface area contributed by atoms with Gasteiger partial charge in [0.05, 0.1) is 6.04 Å². The first-order valence-corrected chi connectivity index (χ1v) is 10.8. The predicted molar refractivity (Wildman–Crippen MR) is 118 cm³/mol. The van der Waals surface area contributed by atoms with Gasteiger partial charge in [0.1, 0.15) is 6.61 Å². The van der Waals surface area contributed by atoms with Crippen LogP contribution in [0.4, 0.5) is 9.59 Å². The SMILES string of the molecule is O=C(NCCCCl)N[C@@H]1CN(C(=O)OCc2ccccc2)CC[C@H]1c1ccccc1. The third-order valence-corrected chi connectivity index (χ3v) is 5.48. The Hall–Kier alpha value is -2.73. The van der Waals surface area contributed by atoms with Crippen molar-refractivity contribution in [2.24, 2.45) is 0 Å². The summed E-state index contributed by atoms with van der Waals surface area (Å²) in [5.41, 5.74) is 2.10. The summed E-state index contributed by atoms with van der Waals surface area (Å²) in [6.07, 6.45) is 1.09. The van der Waals surface area contributed by atoms with E-state index in [2.05, 4.69) is 22.8 Å². The second kappa shape index (κ2) is 11.5. The summed E-state index contributed by atoms with van der Waals surface area (Å²) in [6.45, 7) is 1.73. The monoisotopic (exact) mass is 429 g/mol. The average Bonchev–Trinajstić information content (AvgIpc) is 2.79. The number of hydrogen-bond donors (Lipinski definition) is 2. The Labute approximate surface area is 182 Å². The number of urea groups is 1. The van der Waals surface area contributed by atoms with Gasteiger partial charge in [-0.05, 0) is 24.0 Å². The Kier molecular flexibility index (Phi) is 8.39. The van der Waals surface area contributed by atoms with Crippen LogP contribution in [-0.2, 0) is 11.3 Å². The Morgan fingerprint density at radius 3 is 2.47 bits per heavy atom. The number of rotatable bonds is 7. The summed E-state index contributed by atoms with van der Waals surface area (Å²) >= 11 is 5.68. The van der Waals surface area contributed by atoms with Crippen molar-refractivity contribution >= 4 is 23.7 Å². The first-order chi connectivity index (χ1) is 14.7. The molecule has 6 nitrogen and oxygen atoms in total. The van der Waals surface area contributed by atoms with Crippen LogP contribution in [0.15, 0.2) is 60.7 Å². The van der Waals surface area contributed by atoms with Gasteiger partial charge in [0.25, 0.3) is 0 Å². The summed E-state index contributed by atoms with van der Waals surface area (Å²) in [6, 6.07) is 19.2. The summed E-state index contributed by atoms with van der Waals surface area (Å²) in [5, 5.41) is 5.87. The summed E-state index contributed by atoms with van der Waals surface area (Å²) in [7, 11) is 0. The molecule has 2 atom stereocenters. The molecule has 0 aliphatic carbocycles. The van der Waals surface area contributed by atoms with Gasteiger partial charge in [0.2, 0.25) is 0 Å². The molecule has 0 saturated carbocycles. The number of nitrogens with zero attached hydrogens (tertiary/aromatic N) is 1. The van der Waals surface area contributed by atoms with Gasteiger partial charge in [-0.1, -0.05) is 60.7 Å². The van der Waals surface area contributed by atoms with Crippen molar-refractivity contribution in [3.63, 3.8) is 0 Å². The molecule has 0 bridgehead atoms. The fourth-order valence-corrected chi connectivity index (χ4v) is 3.80. The quantitative estimate of drug-likeness (QED) is 0.514. The minimum atomic E-state index is -0.361. The van der Waals surface area contributed by atoms with Crippen molar-refractivity contribution in [3.05, 3.63) is 71.8 Å². The molecule has 2 aromatic carbocycles. The number of carbonyl (C=O) groups excluding carboxylic acids is 2. The zero-order chi connectivity index (χ0) is 21.2. The fraction of sp³-hybridized carbons (Fsp3) is 0.391. The summed E-state index contributed by atoms with van der Waals surface area (Å²) in [4.78, 5) is 26.6. The molecule has 30 heavy (non-hydrogen) atoms. The molecule has 3 rings (SSSR count). The molecule has 7 heteroatoms. The summed E-state index contributed by atoms with van der Waals surface area (Å²) < 4.78 is 5.49. The average molecular weight is 430 g/mol. The largest absolute Gasteiger partial charge is 0.445 e. The Bertz CT molecular complexity index is 804. The molecule has 0 aromatic heterocycles. The van der Waals surface area contributed by atoms with Crippen molar-refractivity contribution in [1.29, 1.82) is 0 Å². The molecule has 1 aliphatic rings. The van der Waals surface area contributed by atoms with Gasteiger partial charge in [0, 0.05) is 31.4 Å². The van der Waals surface area contributed by atoms with E-state index in [1.165, 1.54) is 0 Å². The maximum absolute atomic E-state index is 12.6. The number of halogens is 1. The molecule has 0 unspecified atom stereocenters. The van der Waals surface area contributed by atoms with Crippen LogP contribution >= 0.6 is 11.6 Å². The van der Waals surface area contributed by atoms with Crippen LogP contribution in [0.1, 0.15) is 29.9 Å². The minimum absolute atomic E-state index is 0.128. The zero-order valence-electron chi connectivity index (χ0n) is 16.9. The first kappa shape index (κ1) is 22.0. The van der Waals surface area contributed by atoms with Gasteiger partial charge in [-0.2, -0.15) is 0 Å². The number of piperidine rings is 1. The number of nitrogens with one attached hydrogen (secondary N) is 2. The molecule has 1 aliphatic heterocycles. The Morgan fingerprint density at radius 2 is 1.77 bits per heavy atom. The fourth-order valence-electron chi connectivity index (χ4n) is 3.66. The van der Waals surface area contributed by atoms with Crippen LogP contribution in [0.3, 0.4) is 0 Å². The van der Waals surface area contributed by atoms with Crippen LogP contribution in [0.2, 0.25) is 0 Å². The van der Waals surface area contributed by atoms with Crippen LogP contribution in [0, 0.1) is 0 Å². The molecule has 0 spiro atoms. The Morgan fingerprint density at radius 1 is 1.07 bits per heavy atom. The van der Waals surface area contributed by atoms with Crippen molar-refractivity contribution < 1.29 is 14.3 Å². The van der Waals surface area contributed by atoms with Gasteiger partial charge in [-0.3, -0.25) is 0 Å². The van der Waals surface area contributed by atoms with E-state index in [-0.39, 0.29) is 30.7 Å². The van der Waals surface area contributed by atoms with E-state index in [1.54, 1.807) is 4.90 Å². The molecule has 160 valence electrons. The molecular weight excluding hydrogens is 402 g/mol. The maximum Gasteiger partial charge on any atom is 0.410 e. The normalized spacial score (nSPS) is 18.5. The lowest BCUT2D eigenvalue weighted by atomic mass is 9.85. The van der Waals surface area contributed by atoms with Gasteiger partial charge < -0.3 is 20.3 Å². The smallest absolute Gasteiger partial charge is 0.410 e. The van der Waals surface area contributed by atoms with Crippen molar-refractivity contribution in [2.45, 2.75) is 31.4 Å². The van der Waals surface area contributed by atoms with E-state index in [4.69, 9.17) is 16.3 Å². The first-order valence-electron chi connectivity index (χ1n) is 10.3. The molecular formula is C23H28ClN3O3. The van der Waals surface area contributed by atoms with E-state index in [0.29, 0.717) is 31.9 Å². The lowest BCUT2D eigenvalue weighted by Gasteiger charge is -2.38. The number of benzene rings is 2. The van der Waals surface area contributed by atoms with E-state index < -0.39 is 0 Å².